The molecule has 15 heavy (non-hydrogen) atoms. The van der Waals surface area contributed by atoms with Crippen LogP contribution in [0.1, 0.15) is 17.9 Å². The number of aliphatic hydroxyl groups excluding tert-OH is 1. The van der Waals surface area contributed by atoms with Gasteiger partial charge in [-0.05, 0) is 24.1 Å². The highest BCUT2D eigenvalue weighted by Gasteiger charge is 2.12. The van der Waals surface area contributed by atoms with Gasteiger partial charge in [0.1, 0.15) is 0 Å². The number of aliphatic hydroxyl groups is 1. The second-order valence-corrected chi connectivity index (χ2v) is 3.13. The highest BCUT2D eigenvalue weighted by atomic mass is 16.5. The summed E-state index contributed by atoms with van der Waals surface area (Å²) >= 11 is 0. The molecule has 80 valence electrons. The summed E-state index contributed by atoms with van der Waals surface area (Å²) in [5.74, 6) is 0.0112. The van der Waals surface area contributed by atoms with E-state index in [1.165, 1.54) is 13.2 Å². The lowest BCUT2D eigenvalue weighted by atomic mass is 9.97. The molecule has 0 radical (unpaired) electrons. The maximum Gasteiger partial charge on any atom is 0.160 e. The van der Waals surface area contributed by atoms with Crippen molar-refractivity contribution in [2.24, 2.45) is 0 Å². The van der Waals surface area contributed by atoms with E-state index >= 15 is 0 Å². The number of phenolic OH excluding ortho intramolecular Hbond substituents is 1. The summed E-state index contributed by atoms with van der Waals surface area (Å²) in [6, 6.07) is 6.84. The van der Waals surface area contributed by atoms with Gasteiger partial charge in [0.25, 0.3) is 0 Å². The van der Waals surface area contributed by atoms with E-state index in [1.807, 2.05) is 0 Å². The molecule has 1 aromatic carbocycles. The van der Waals surface area contributed by atoms with Crippen LogP contribution in [-0.2, 0) is 0 Å². The van der Waals surface area contributed by atoms with Gasteiger partial charge in [-0.25, -0.2) is 0 Å². The predicted molar refractivity (Wildman–Crippen MR) is 54.7 cm³/mol. The smallest absolute Gasteiger partial charge is 0.160 e. The first-order valence-corrected chi connectivity index (χ1v) is 4.60. The van der Waals surface area contributed by atoms with Crippen LogP contribution in [0.3, 0.4) is 0 Å². The second-order valence-electron chi connectivity index (χ2n) is 3.13. The average molecular weight is 207 g/mol. The van der Waals surface area contributed by atoms with Gasteiger partial charge < -0.3 is 14.9 Å². The Morgan fingerprint density at radius 1 is 1.53 bits per heavy atom. The molecule has 4 nitrogen and oxygen atoms in total. The molecule has 0 aromatic heterocycles. The number of rotatable bonds is 4. The maximum absolute atomic E-state index is 9.36. The fourth-order valence-corrected chi connectivity index (χ4v) is 1.35. The third-order valence-corrected chi connectivity index (χ3v) is 2.18. The molecule has 0 bridgehead atoms. The van der Waals surface area contributed by atoms with Crippen LogP contribution in [0.5, 0.6) is 11.5 Å². The monoisotopic (exact) mass is 207 g/mol. The molecule has 1 atom stereocenters. The Hall–Kier alpha value is -1.73. The predicted octanol–water partition coefficient (Wildman–Crippen LogP) is 1.39. The summed E-state index contributed by atoms with van der Waals surface area (Å²) in [5.41, 5.74) is 0.737. The number of methoxy groups -OCH3 is 1. The molecular weight excluding hydrogens is 194 g/mol. The third kappa shape index (κ3) is 2.61. The fraction of sp³-hybridized carbons (Fsp3) is 0.364. The normalized spacial score (nSPS) is 11.8. The van der Waals surface area contributed by atoms with Crippen molar-refractivity contribution in [1.29, 1.82) is 5.26 Å². The summed E-state index contributed by atoms with van der Waals surface area (Å²) in [4.78, 5) is 0. The minimum Gasteiger partial charge on any atom is -0.504 e. The Bertz CT molecular complexity index is 371. The Morgan fingerprint density at radius 3 is 2.80 bits per heavy atom. The largest absolute Gasteiger partial charge is 0.504 e. The zero-order valence-corrected chi connectivity index (χ0v) is 8.47. The second kappa shape index (κ2) is 5.23. The van der Waals surface area contributed by atoms with E-state index in [0.29, 0.717) is 12.2 Å². The van der Waals surface area contributed by atoms with Crippen molar-refractivity contribution in [1.82, 2.24) is 0 Å². The van der Waals surface area contributed by atoms with Gasteiger partial charge in [-0.15, -0.1) is 0 Å². The summed E-state index contributed by atoms with van der Waals surface area (Å²) in [6.45, 7) is -0.0403. The van der Waals surface area contributed by atoms with Crippen molar-refractivity contribution in [3.05, 3.63) is 23.8 Å². The Morgan fingerprint density at radius 2 is 2.27 bits per heavy atom. The van der Waals surface area contributed by atoms with Gasteiger partial charge in [0.15, 0.2) is 11.5 Å². The lowest BCUT2D eigenvalue weighted by Crippen LogP contribution is -1.99. The van der Waals surface area contributed by atoms with E-state index < -0.39 is 0 Å². The number of nitriles is 1. The SMILES string of the molecule is COc1cc(C(C#N)CCO)ccc1O. The molecule has 2 N–H and O–H groups in total. The van der Waals surface area contributed by atoms with Gasteiger partial charge in [-0.3, -0.25) is 0 Å². The van der Waals surface area contributed by atoms with Gasteiger partial charge in [0.05, 0.1) is 19.1 Å². The van der Waals surface area contributed by atoms with Crippen LogP contribution >= 0.6 is 0 Å². The van der Waals surface area contributed by atoms with Crippen molar-refractivity contribution in [2.75, 3.05) is 13.7 Å². The molecule has 0 saturated heterocycles. The standard InChI is InChI=1S/C11H13NO3/c1-15-11-6-8(2-3-10(11)14)9(7-12)4-5-13/h2-3,6,9,13-14H,4-5H2,1H3. The van der Waals surface area contributed by atoms with E-state index in [1.54, 1.807) is 12.1 Å². The number of aromatic hydroxyl groups is 1. The van der Waals surface area contributed by atoms with Crippen molar-refractivity contribution in [2.45, 2.75) is 12.3 Å². The third-order valence-electron chi connectivity index (χ3n) is 2.18. The van der Waals surface area contributed by atoms with E-state index in [9.17, 15) is 5.11 Å². The van der Waals surface area contributed by atoms with Crippen LogP contribution in [-0.4, -0.2) is 23.9 Å². The van der Waals surface area contributed by atoms with Crippen LogP contribution in [0.4, 0.5) is 0 Å². The van der Waals surface area contributed by atoms with Gasteiger partial charge >= 0.3 is 0 Å². The van der Waals surface area contributed by atoms with Gasteiger partial charge in [-0.1, -0.05) is 6.07 Å². The molecule has 1 aromatic rings. The minimum atomic E-state index is -0.371. The zero-order chi connectivity index (χ0) is 11.3. The van der Waals surface area contributed by atoms with E-state index in [2.05, 4.69) is 6.07 Å². The molecule has 1 rings (SSSR count). The van der Waals surface area contributed by atoms with Crippen molar-refractivity contribution < 1.29 is 14.9 Å². The van der Waals surface area contributed by atoms with Gasteiger partial charge in [-0.2, -0.15) is 5.26 Å². The topological polar surface area (TPSA) is 73.5 Å². The number of hydrogen-bond donors (Lipinski definition) is 2. The van der Waals surface area contributed by atoms with Crippen molar-refractivity contribution >= 4 is 0 Å². The zero-order valence-electron chi connectivity index (χ0n) is 8.47. The lowest BCUT2D eigenvalue weighted by molar-refractivity contribution is 0.283. The maximum atomic E-state index is 9.36. The molecule has 0 fully saturated rings. The molecular formula is C11H13NO3. The highest BCUT2D eigenvalue weighted by Crippen LogP contribution is 2.30. The van der Waals surface area contributed by atoms with Gasteiger partial charge in [0, 0.05) is 6.61 Å². The number of benzene rings is 1. The quantitative estimate of drug-likeness (QED) is 0.782. The summed E-state index contributed by atoms with van der Waals surface area (Å²) < 4.78 is 4.94. The molecule has 0 heterocycles. The molecule has 0 aliphatic heterocycles. The van der Waals surface area contributed by atoms with Crippen LogP contribution in [0, 0.1) is 11.3 Å². The molecule has 0 saturated carbocycles. The Kier molecular flexibility index (Phi) is 3.95. The molecule has 0 aliphatic rings. The first kappa shape index (κ1) is 11.3. The summed E-state index contributed by atoms with van der Waals surface area (Å²) in [5, 5.41) is 27.0. The first-order valence-electron chi connectivity index (χ1n) is 4.60. The number of nitrogens with zero attached hydrogens (tertiary/aromatic N) is 1. The molecule has 4 heteroatoms. The van der Waals surface area contributed by atoms with Crippen molar-refractivity contribution in [3.63, 3.8) is 0 Å². The number of ether oxygens (including phenoxy) is 1. The van der Waals surface area contributed by atoms with Crippen LogP contribution < -0.4 is 4.74 Å². The number of phenols is 1. The molecule has 0 aliphatic carbocycles. The fourth-order valence-electron chi connectivity index (χ4n) is 1.35. The van der Waals surface area contributed by atoms with E-state index in [4.69, 9.17) is 15.1 Å². The summed E-state index contributed by atoms with van der Waals surface area (Å²) in [7, 11) is 1.45. The molecule has 1 unspecified atom stereocenters. The first-order chi connectivity index (χ1) is 7.22. The number of hydrogen-bond acceptors (Lipinski definition) is 4. The Balaban J connectivity index is 2.99. The average Bonchev–Trinajstić information content (AvgIpc) is 2.27. The van der Waals surface area contributed by atoms with Crippen molar-refractivity contribution in [3.8, 4) is 17.6 Å². The van der Waals surface area contributed by atoms with Crippen LogP contribution in [0.15, 0.2) is 18.2 Å². The van der Waals surface area contributed by atoms with E-state index in [0.717, 1.165) is 5.56 Å². The van der Waals surface area contributed by atoms with E-state index in [-0.39, 0.29) is 18.3 Å². The highest BCUT2D eigenvalue weighted by molar-refractivity contribution is 5.43. The Labute approximate surface area is 88.4 Å². The van der Waals surface area contributed by atoms with Crippen LogP contribution in [0.25, 0.3) is 0 Å². The summed E-state index contributed by atoms with van der Waals surface area (Å²) in [6.07, 6.45) is 0.379. The molecule has 0 spiro atoms. The molecule has 0 amide bonds. The van der Waals surface area contributed by atoms with Crippen LogP contribution in [0.2, 0.25) is 0 Å². The minimum absolute atomic E-state index is 0.0403. The van der Waals surface area contributed by atoms with Gasteiger partial charge in [0.2, 0.25) is 0 Å². The lowest BCUT2D eigenvalue weighted by Gasteiger charge is -2.10.